The number of rotatable bonds is 2. The molecule has 3 atom stereocenters. The van der Waals surface area contributed by atoms with Crippen LogP contribution in [0.1, 0.15) is 25.7 Å². The Morgan fingerprint density at radius 1 is 1.00 bits per heavy atom. The Morgan fingerprint density at radius 3 is 2.41 bits per heavy atom. The Hall–Kier alpha value is -0.610. The number of likely N-dealkylation sites (tertiary alicyclic amines) is 1. The lowest BCUT2D eigenvalue weighted by atomic mass is 9.89. The summed E-state index contributed by atoms with van der Waals surface area (Å²) in [5, 5.41) is 9.01. The quantitative estimate of drug-likeness (QED) is 0.775. The van der Waals surface area contributed by atoms with Gasteiger partial charge in [0.1, 0.15) is 0 Å². The van der Waals surface area contributed by atoms with Gasteiger partial charge >= 0.3 is 5.97 Å². The van der Waals surface area contributed by atoms with Gasteiger partial charge in [-0.25, -0.2) is 0 Å². The van der Waals surface area contributed by atoms with Crippen LogP contribution in [0, 0.1) is 11.8 Å². The maximum absolute atomic E-state index is 10.9. The van der Waals surface area contributed by atoms with Crippen LogP contribution in [0.2, 0.25) is 0 Å². The number of carboxylic acid groups (broad SMARTS) is 1. The molecular formula is C13H22N2O2. The summed E-state index contributed by atoms with van der Waals surface area (Å²) in [5.74, 6) is 0.167. The third-order valence-corrected chi connectivity index (χ3v) is 4.94. The van der Waals surface area contributed by atoms with Gasteiger partial charge in [0.15, 0.2) is 0 Å². The molecule has 3 aliphatic rings. The van der Waals surface area contributed by atoms with Crippen LogP contribution in [0.15, 0.2) is 0 Å². The predicted octanol–water partition coefficient (Wildman–Crippen LogP) is 0.877. The van der Waals surface area contributed by atoms with Crippen molar-refractivity contribution in [2.75, 3.05) is 32.7 Å². The molecule has 3 aliphatic heterocycles. The fraction of sp³-hybridized carbons (Fsp3) is 0.923. The van der Waals surface area contributed by atoms with E-state index in [9.17, 15) is 4.79 Å². The van der Waals surface area contributed by atoms with Gasteiger partial charge in [0, 0.05) is 12.6 Å². The van der Waals surface area contributed by atoms with Gasteiger partial charge in [-0.05, 0) is 57.8 Å². The van der Waals surface area contributed by atoms with Gasteiger partial charge in [0.2, 0.25) is 0 Å². The average molecular weight is 238 g/mol. The van der Waals surface area contributed by atoms with Gasteiger partial charge in [-0.15, -0.1) is 0 Å². The first-order chi connectivity index (χ1) is 8.24. The summed E-state index contributed by atoms with van der Waals surface area (Å²) in [6.45, 7) is 5.81. The fourth-order valence-electron chi connectivity index (χ4n) is 3.89. The third-order valence-electron chi connectivity index (χ3n) is 4.94. The number of carbonyl (C=O) groups is 1. The Morgan fingerprint density at radius 2 is 1.71 bits per heavy atom. The van der Waals surface area contributed by atoms with Crippen LogP contribution >= 0.6 is 0 Å². The molecule has 3 unspecified atom stereocenters. The molecule has 1 N–H and O–H groups in total. The molecule has 0 amide bonds. The van der Waals surface area contributed by atoms with Crippen LogP contribution < -0.4 is 0 Å². The third kappa shape index (κ3) is 2.20. The molecule has 3 heterocycles. The van der Waals surface area contributed by atoms with E-state index in [0.29, 0.717) is 0 Å². The summed E-state index contributed by atoms with van der Waals surface area (Å²) in [5.41, 5.74) is 0. The zero-order valence-corrected chi connectivity index (χ0v) is 10.3. The Labute approximate surface area is 103 Å². The highest BCUT2D eigenvalue weighted by Crippen LogP contribution is 2.32. The van der Waals surface area contributed by atoms with E-state index in [1.165, 1.54) is 32.5 Å². The molecule has 3 fully saturated rings. The van der Waals surface area contributed by atoms with Gasteiger partial charge < -0.3 is 10.0 Å². The molecular weight excluding hydrogens is 216 g/mol. The molecule has 0 radical (unpaired) electrons. The van der Waals surface area contributed by atoms with E-state index in [-0.39, 0.29) is 5.92 Å². The maximum Gasteiger partial charge on any atom is 0.306 e. The highest BCUT2D eigenvalue weighted by atomic mass is 16.4. The highest BCUT2D eigenvalue weighted by molar-refractivity contribution is 5.70. The molecule has 2 bridgehead atoms. The molecule has 0 aromatic heterocycles. The average Bonchev–Trinajstić information content (AvgIpc) is 2.72. The second-order valence-electron chi connectivity index (χ2n) is 5.85. The Bertz CT molecular complexity index is 300. The van der Waals surface area contributed by atoms with Crippen LogP contribution in [0.25, 0.3) is 0 Å². The van der Waals surface area contributed by atoms with Crippen molar-refractivity contribution in [2.45, 2.75) is 31.7 Å². The van der Waals surface area contributed by atoms with Gasteiger partial charge in [-0.2, -0.15) is 0 Å². The van der Waals surface area contributed by atoms with Crippen molar-refractivity contribution in [2.24, 2.45) is 11.8 Å². The van der Waals surface area contributed by atoms with E-state index in [2.05, 4.69) is 9.80 Å². The van der Waals surface area contributed by atoms with E-state index < -0.39 is 5.97 Å². The second kappa shape index (κ2) is 4.58. The van der Waals surface area contributed by atoms with Crippen LogP contribution in [-0.4, -0.2) is 59.6 Å². The van der Waals surface area contributed by atoms with Crippen LogP contribution in [0.4, 0.5) is 0 Å². The van der Waals surface area contributed by atoms with Crippen molar-refractivity contribution >= 4 is 5.97 Å². The number of piperidine rings is 2. The molecule has 4 heteroatoms. The summed E-state index contributed by atoms with van der Waals surface area (Å²) >= 11 is 0. The molecule has 17 heavy (non-hydrogen) atoms. The van der Waals surface area contributed by atoms with Crippen molar-refractivity contribution in [1.29, 1.82) is 0 Å². The van der Waals surface area contributed by atoms with Crippen molar-refractivity contribution in [3.63, 3.8) is 0 Å². The summed E-state index contributed by atoms with van der Waals surface area (Å²) in [4.78, 5) is 16.1. The zero-order chi connectivity index (χ0) is 11.8. The predicted molar refractivity (Wildman–Crippen MR) is 64.9 cm³/mol. The lowest BCUT2D eigenvalue weighted by Crippen LogP contribution is -2.50. The molecule has 96 valence electrons. The standard InChI is InChI=1S/C13H22N2O2/c16-13(17)10-2-7-15(8-3-10)12-4-6-14-5-1-11(12)9-14/h10-12H,1-9H2,(H,16,17). The normalized spacial score (nSPS) is 39.4. The first-order valence-corrected chi connectivity index (χ1v) is 6.93. The lowest BCUT2D eigenvalue weighted by molar-refractivity contribution is -0.143. The topological polar surface area (TPSA) is 43.8 Å². The minimum atomic E-state index is -0.597. The van der Waals surface area contributed by atoms with E-state index in [4.69, 9.17) is 5.11 Å². The SMILES string of the molecule is O=C(O)C1CCN(C2CCN3CCC2C3)CC1. The second-order valence-corrected chi connectivity index (χ2v) is 5.85. The van der Waals surface area contributed by atoms with E-state index in [0.717, 1.165) is 37.9 Å². The molecule has 4 nitrogen and oxygen atoms in total. The highest BCUT2D eigenvalue weighted by Gasteiger charge is 2.38. The number of hydrogen-bond acceptors (Lipinski definition) is 3. The van der Waals surface area contributed by atoms with Crippen LogP contribution in [-0.2, 0) is 4.79 Å². The zero-order valence-electron chi connectivity index (χ0n) is 10.3. The summed E-state index contributed by atoms with van der Waals surface area (Å²) < 4.78 is 0. The smallest absolute Gasteiger partial charge is 0.306 e. The number of aliphatic carboxylic acids is 1. The molecule has 0 aliphatic carbocycles. The van der Waals surface area contributed by atoms with Crippen LogP contribution in [0.3, 0.4) is 0 Å². The summed E-state index contributed by atoms with van der Waals surface area (Å²) in [7, 11) is 0. The van der Waals surface area contributed by atoms with Gasteiger partial charge in [0.05, 0.1) is 5.92 Å². The van der Waals surface area contributed by atoms with E-state index in [1.807, 2.05) is 0 Å². The summed E-state index contributed by atoms with van der Waals surface area (Å²) in [6, 6.07) is 0.739. The van der Waals surface area contributed by atoms with Gasteiger partial charge in [0.25, 0.3) is 0 Å². The van der Waals surface area contributed by atoms with Crippen molar-refractivity contribution in [1.82, 2.24) is 9.80 Å². The minimum absolute atomic E-state index is 0.0880. The van der Waals surface area contributed by atoms with E-state index in [1.54, 1.807) is 0 Å². The largest absolute Gasteiger partial charge is 0.481 e. The van der Waals surface area contributed by atoms with Crippen LogP contribution in [0.5, 0.6) is 0 Å². The molecule has 3 saturated heterocycles. The number of fused-ring (bicyclic) bond motifs is 2. The van der Waals surface area contributed by atoms with Gasteiger partial charge in [-0.1, -0.05) is 0 Å². The first kappa shape index (κ1) is 11.5. The molecule has 0 saturated carbocycles. The van der Waals surface area contributed by atoms with Gasteiger partial charge in [-0.3, -0.25) is 9.69 Å². The molecule has 0 spiro atoms. The number of carboxylic acids is 1. The minimum Gasteiger partial charge on any atom is -0.481 e. The van der Waals surface area contributed by atoms with Crippen molar-refractivity contribution in [3.8, 4) is 0 Å². The molecule has 0 aromatic rings. The maximum atomic E-state index is 10.9. The Balaban J connectivity index is 1.57. The first-order valence-electron chi connectivity index (χ1n) is 6.93. The van der Waals surface area contributed by atoms with Crippen molar-refractivity contribution in [3.05, 3.63) is 0 Å². The fourth-order valence-corrected chi connectivity index (χ4v) is 3.89. The summed E-state index contributed by atoms with van der Waals surface area (Å²) in [6.07, 6.45) is 4.34. The molecule has 0 aromatic carbocycles. The lowest BCUT2D eigenvalue weighted by Gasteiger charge is -2.42. The Kier molecular flexibility index (Phi) is 3.09. The molecule has 3 rings (SSSR count). The van der Waals surface area contributed by atoms with Crippen molar-refractivity contribution < 1.29 is 9.90 Å². The van der Waals surface area contributed by atoms with E-state index >= 15 is 0 Å². The monoisotopic (exact) mass is 238 g/mol. The number of hydrogen-bond donors (Lipinski definition) is 1. The number of nitrogens with zero attached hydrogens (tertiary/aromatic N) is 2.